The molecule has 0 aromatic heterocycles. The van der Waals surface area contributed by atoms with Gasteiger partial charge < -0.3 is 4.81 Å². The molecule has 0 saturated carbocycles. The maximum absolute atomic E-state index is 4.02. The van der Waals surface area contributed by atoms with E-state index in [2.05, 4.69) is 50.5 Å². The van der Waals surface area contributed by atoms with E-state index >= 15 is 0 Å². The average Bonchev–Trinajstić information content (AvgIpc) is 1.64. The highest BCUT2D eigenvalue weighted by Crippen LogP contribution is 2.13. The molecule has 0 amide bonds. The first-order valence-electron chi connectivity index (χ1n) is 2.00. The predicted molar refractivity (Wildman–Crippen MR) is 53.9 cm³/mol. The smallest absolute Gasteiger partial charge is 0.190 e. The Labute approximate surface area is 72.7 Å². The lowest BCUT2D eigenvalue weighted by Gasteiger charge is -2.22. The van der Waals surface area contributed by atoms with Crippen LogP contribution >= 0.6 is 50.5 Å². The van der Waals surface area contributed by atoms with Crippen LogP contribution in [0.15, 0.2) is 0 Å². The summed E-state index contributed by atoms with van der Waals surface area (Å²) in [6, 6.07) is 0. The Morgan fingerprint density at radius 2 is 1.25 bits per heavy atom. The first-order valence-corrected chi connectivity index (χ1v) is 4.06. The molecule has 0 N–H and O–H groups in total. The summed E-state index contributed by atoms with van der Waals surface area (Å²) < 4.78 is -0.176. The normalized spacial score (nSPS) is 11.9. The minimum atomic E-state index is -0.0880. The third-order valence-corrected chi connectivity index (χ3v) is 2.19. The molecule has 0 aromatic carbocycles. The van der Waals surface area contributed by atoms with Crippen LogP contribution in [0.5, 0.6) is 0 Å². The summed E-state index contributed by atoms with van der Waals surface area (Å²) >= 11 is 16.1. The summed E-state index contributed by atoms with van der Waals surface area (Å²) in [4.78, 5) is 1.79. The molecule has 6 heteroatoms. The van der Waals surface area contributed by atoms with E-state index in [0.717, 1.165) is 0 Å². The van der Waals surface area contributed by atoms with Crippen molar-refractivity contribution in [3.05, 3.63) is 0 Å². The van der Waals surface area contributed by atoms with Gasteiger partial charge in [0, 0.05) is 0 Å². The van der Waals surface area contributed by atoms with Gasteiger partial charge in [-0.3, -0.25) is 0 Å². The summed E-state index contributed by atoms with van der Waals surface area (Å²) in [6.07, 6.45) is 0. The van der Waals surface area contributed by atoms with Crippen molar-refractivity contribution in [3.63, 3.8) is 0 Å². The Kier molecular flexibility index (Phi) is 5.03. The molecular formula is C2H8BNS4. The summed E-state index contributed by atoms with van der Waals surface area (Å²) in [6.45, 7) is 0. The summed E-state index contributed by atoms with van der Waals surface area (Å²) in [5.74, 6) is 0. The molecule has 0 fully saturated rings. The Bertz CT molecular complexity index is 59.1. The molecule has 0 radical (unpaired) electrons. The van der Waals surface area contributed by atoms with Crippen LogP contribution in [0.1, 0.15) is 0 Å². The second-order valence-corrected chi connectivity index (χ2v) is 4.13. The summed E-state index contributed by atoms with van der Waals surface area (Å²) in [7, 11) is 1.84. The molecule has 48 valence electrons. The highest BCUT2D eigenvalue weighted by Gasteiger charge is 2.07. The Hall–Kier alpha value is 1.42. The topological polar surface area (TPSA) is 3.24 Å². The van der Waals surface area contributed by atoms with Crippen LogP contribution in [-0.4, -0.2) is 22.2 Å². The van der Waals surface area contributed by atoms with Gasteiger partial charge >= 0.3 is 0 Å². The van der Waals surface area contributed by atoms with Gasteiger partial charge in [0.2, 0.25) is 0 Å². The fourth-order valence-corrected chi connectivity index (χ4v) is 1.07. The molecule has 1 nitrogen and oxygen atoms in total. The van der Waals surface area contributed by atoms with E-state index in [4.69, 9.17) is 0 Å². The van der Waals surface area contributed by atoms with E-state index in [1.165, 1.54) is 0 Å². The van der Waals surface area contributed by atoms with Gasteiger partial charge in [-0.25, -0.2) is 0 Å². The lowest BCUT2D eigenvalue weighted by molar-refractivity contribution is 0.577. The van der Waals surface area contributed by atoms with E-state index in [1.54, 1.807) is 4.81 Å². The van der Waals surface area contributed by atoms with Gasteiger partial charge in [-0.15, -0.1) is 0 Å². The Morgan fingerprint density at radius 3 is 1.25 bits per heavy atom. The van der Waals surface area contributed by atoms with Crippen LogP contribution in [0.25, 0.3) is 0 Å². The second kappa shape index (κ2) is 4.27. The zero-order chi connectivity index (χ0) is 6.73. The van der Waals surface area contributed by atoms with Gasteiger partial charge in [0.05, 0.1) is 9.41 Å². The van der Waals surface area contributed by atoms with Crippen LogP contribution in [-0.2, 0) is 0 Å². The molecule has 0 saturated heterocycles. The van der Waals surface area contributed by atoms with Gasteiger partial charge in [-0.2, -0.15) is 50.5 Å². The quantitative estimate of drug-likeness (QED) is 0.270. The van der Waals surface area contributed by atoms with Crippen molar-refractivity contribution in [2.24, 2.45) is 0 Å². The molecule has 8 heavy (non-hydrogen) atoms. The van der Waals surface area contributed by atoms with Crippen LogP contribution < -0.4 is 0 Å². The van der Waals surface area contributed by atoms with E-state index in [-0.39, 0.29) is 9.41 Å². The number of thiol groups is 4. The van der Waals surface area contributed by atoms with Gasteiger partial charge in [0.1, 0.15) is 0 Å². The number of rotatable bonds is 2. The molecule has 0 aromatic rings. The molecule has 0 aliphatic rings. The molecule has 0 atom stereocenters. The van der Waals surface area contributed by atoms with E-state index < -0.39 is 0 Å². The largest absolute Gasteiger partial charge is 0.312 e. The number of nitrogens with zero attached hydrogens (tertiary/aromatic N) is 1. The highest BCUT2D eigenvalue weighted by atomic mass is 32.2. The number of hydrogen-bond acceptors (Lipinski definition) is 5. The number of hydrogen-bond donors (Lipinski definition) is 4. The first-order chi connectivity index (χ1) is 3.55. The van der Waals surface area contributed by atoms with Crippen molar-refractivity contribution in [3.8, 4) is 0 Å². The zero-order valence-corrected chi connectivity index (χ0v) is 7.97. The molecule has 0 heterocycles. The van der Waals surface area contributed by atoms with Crippen molar-refractivity contribution < 1.29 is 0 Å². The fourth-order valence-electron chi connectivity index (χ4n) is 0.119. The standard InChI is InChI=1S/C2H8BNS4/c3-4(1(5)6)2(7)8/h1-2,5-8H,3H2. The molecule has 0 unspecified atom stereocenters. The average molecular weight is 185 g/mol. The first kappa shape index (κ1) is 9.42. The molecule has 0 rings (SSSR count). The van der Waals surface area contributed by atoms with Crippen LogP contribution in [0.2, 0.25) is 0 Å². The van der Waals surface area contributed by atoms with Crippen molar-refractivity contribution in [1.82, 2.24) is 4.81 Å². The highest BCUT2D eigenvalue weighted by molar-refractivity contribution is 8.00. The van der Waals surface area contributed by atoms with Crippen molar-refractivity contribution in [2.45, 2.75) is 9.41 Å². The van der Waals surface area contributed by atoms with E-state index in [1.807, 2.05) is 7.98 Å². The van der Waals surface area contributed by atoms with Crippen LogP contribution in [0, 0.1) is 0 Å². The zero-order valence-electron chi connectivity index (χ0n) is 4.39. The van der Waals surface area contributed by atoms with Crippen LogP contribution in [0.4, 0.5) is 0 Å². The second-order valence-electron chi connectivity index (χ2n) is 1.36. The predicted octanol–water partition coefficient (Wildman–Crippen LogP) is 0.123. The van der Waals surface area contributed by atoms with Gasteiger partial charge in [-0.05, 0) is 0 Å². The molecule has 0 aliphatic carbocycles. The molecular weight excluding hydrogens is 177 g/mol. The summed E-state index contributed by atoms with van der Waals surface area (Å²) in [5.41, 5.74) is 0. The van der Waals surface area contributed by atoms with Gasteiger partial charge in [-0.1, -0.05) is 0 Å². The van der Waals surface area contributed by atoms with Crippen molar-refractivity contribution in [2.75, 3.05) is 0 Å². The lowest BCUT2D eigenvalue weighted by Crippen LogP contribution is -2.28. The molecule has 0 aliphatic heterocycles. The maximum atomic E-state index is 4.02. The Morgan fingerprint density at radius 1 is 1.00 bits per heavy atom. The van der Waals surface area contributed by atoms with Crippen LogP contribution in [0.3, 0.4) is 0 Å². The summed E-state index contributed by atoms with van der Waals surface area (Å²) in [5, 5.41) is 0. The molecule has 0 spiro atoms. The SMILES string of the molecule is BN(C(S)S)C(S)S. The van der Waals surface area contributed by atoms with E-state index in [0.29, 0.717) is 0 Å². The third-order valence-electron chi connectivity index (χ3n) is 0.729. The van der Waals surface area contributed by atoms with Crippen molar-refractivity contribution >= 4 is 58.5 Å². The fraction of sp³-hybridized carbons (Fsp3) is 1.00. The van der Waals surface area contributed by atoms with Gasteiger partial charge in [0.25, 0.3) is 0 Å². The van der Waals surface area contributed by atoms with Gasteiger partial charge in [0.15, 0.2) is 7.98 Å². The minimum absolute atomic E-state index is 0.0880. The van der Waals surface area contributed by atoms with Crippen molar-refractivity contribution in [1.29, 1.82) is 0 Å². The third kappa shape index (κ3) is 3.45. The monoisotopic (exact) mass is 185 g/mol. The Balaban J connectivity index is 3.46. The lowest BCUT2D eigenvalue weighted by atomic mass is 10.4. The van der Waals surface area contributed by atoms with E-state index in [9.17, 15) is 0 Å². The molecule has 0 bridgehead atoms. The maximum Gasteiger partial charge on any atom is 0.190 e. The minimum Gasteiger partial charge on any atom is -0.312 e.